The Labute approximate surface area is 281 Å². The van der Waals surface area contributed by atoms with Gasteiger partial charge in [0.1, 0.15) is 0 Å². The second-order valence-corrected chi connectivity index (χ2v) is 10.7. The number of ether oxygens (including phenoxy) is 4. The van der Waals surface area contributed by atoms with Gasteiger partial charge in [-0.15, -0.1) is 0 Å². The molecule has 17 heteroatoms. The number of methoxy groups -OCH3 is 4. The third-order valence-electron chi connectivity index (χ3n) is 7.53. The second kappa shape index (κ2) is 13.5. The van der Waals surface area contributed by atoms with Crippen molar-refractivity contribution in [1.82, 2.24) is 19.9 Å². The highest BCUT2D eigenvalue weighted by atomic mass is 16.5. The van der Waals surface area contributed by atoms with Crippen LogP contribution in [0.1, 0.15) is 10.4 Å². The van der Waals surface area contributed by atoms with Gasteiger partial charge < -0.3 is 60.2 Å². The van der Waals surface area contributed by atoms with E-state index in [4.69, 9.17) is 18.9 Å². The van der Waals surface area contributed by atoms with E-state index in [0.29, 0.717) is 39.0 Å². The highest BCUT2D eigenvalue weighted by molar-refractivity contribution is 6.06. The van der Waals surface area contributed by atoms with Crippen LogP contribution in [0.4, 0.5) is 32.3 Å². The first-order chi connectivity index (χ1) is 24.1. The van der Waals surface area contributed by atoms with Crippen LogP contribution in [-0.4, -0.2) is 66.4 Å². The topological polar surface area (TPSA) is 234 Å². The average molecular weight is 683 g/mol. The van der Waals surface area contributed by atoms with Gasteiger partial charge >= 0.3 is 29.4 Å². The van der Waals surface area contributed by atoms with Crippen LogP contribution in [0.2, 0.25) is 0 Å². The number of urea groups is 2. The molecule has 0 bridgehead atoms. The zero-order chi connectivity index (χ0) is 35.5. The lowest BCUT2D eigenvalue weighted by molar-refractivity contribution is 0.0600. The molecule has 0 aliphatic carbocycles. The van der Waals surface area contributed by atoms with Crippen LogP contribution >= 0.6 is 0 Å². The molecule has 17 nitrogen and oxygen atoms in total. The Morgan fingerprint density at radius 3 is 1.64 bits per heavy atom. The van der Waals surface area contributed by atoms with E-state index in [2.05, 4.69) is 41.2 Å². The molecule has 4 amide bonds. The molecule has 0 aliphatic rings. The first-order valence-electron chi connectivity index (χ1n) is 14.8. The van der Waals surface area contributed by atoms with E-state index in [1.807, 2.05) is 0 Å². The third-order valence-corrected chi connectivity index (χ3v) is 7.53. The van der Waals surface area contributed by atoms with Gasteiger partial charge in [-0.2, -0.15) is 0 Å². The van der Waals surface area contributed by atoms with Gasteiger partial charge in [0.05, 0.1) is 67.3 Å². The summed E-state index contributed by atoms with van der Waals surface area (Å²) in [5, 5.41) is 10.9. The lowest BCUT2D eigenvalue weighted by Crippen LogP contribution is -2.20. The number of aromatic nitrogens is 4. The third kappa shape index (κ3) is 6.63. The fraction of sp³-hybridized carbons (Fsp3) is 0.121. The molecule has 0 atom stereocenters. The van der Waals surface area contributed by atoms with Gasteiger partial charge in [0.15, 0.2) is 11.5 Å². The van der Waals surface area contributed by atoms with Crippen LogP contribution in [-0.2, 0) is 4.74 Å². The summed E-state index contributed by atoms with van der Waals surface area (Å²) < 4.78 is 21.9. The van der Waals surface area contributed by atoms with Crippen molar-refractivity contribution >= 4 is 62.8 Å². The van der Waals surface area contributed by atoms with Crippen molar-refractivity contribution in [2.24, 2.45) is 0 Å². The number of nitrogens with one attached hydrogen (secondary N) is 8. The molecular formula is C33H30N8O9. The number of carbonyl (C=O) groups is 3. The zero-order valence-corrected chi connectivity index (χ0v) is 26.9. The van der Waals surface area contributed by atoms with Gasteiger partial charge in [0, 0.05) is 23.1 Å². The highest BCUT2D eigenvalue weighted by Crippen LogP contribution is 2.49. The Morgan fingerprint density at radius 1 is 0.560 bits per heavy atom. The molecule has 0 saturated heterocycles. The number of amides is 4. The molecule has 0 unspecified atom stereocenters. The van der Waals surface area contributed by atoms with Crippen molar-refractivity contribution in [3.8, 4) is 28.4 Å². The first kappa shape index (κ1) is 32.8. The Balaban J connectivity index is 1.38. The minimum atomic E-state index is -0.706. The molecule has 0 fully saturated rings. The molecule has 256 valence electrons. The molecule has 6 rings (SSSR count). The number of carbonyl (C=O) groups excluding carboxylic acids is 3. The molecule has 0 spiro atoms. The lowest BCUT2D eigenvalue weighted by Gasteiger charge is -2.21. The fourth-order valence-electron chi connectivity index (χ4n) is 5.42. The van der Waals surface area contributed by atoms with E-state index in [1.165, 1.54) is 46.6 Å². The van der Waals surface area contributed by atoms with E-state index in [0.717, 1.165) is 0 Å². The number of hydrogen-bond acceptors (Lipinski definition) is 9. The summed E-state index contributed by atoms with van der Waals surface area (Å²) >= 11 is 0. The number of fused-ring (bicyclic) bond motifs is 2. The SMILES string of the molecule is COC(=O)c1cc(NC(=O)Nc2ccc3[nH]c(=O)[nH]c3c2)cc(-c2c(NC(=O)Nc3ccc4[nH]c(=O)[nH]c4c3)cc(OC)c(OC)c2OC)c1. The highest BCUT2D eigenvalue weighted by Gasteiger charge is 2.25. The average Bonchev–Trinajstić information content (AvgIpc) is 3.66. The minimum Gasteiger partial charge on any atom is -0.493 e. The van der Waals surface area contributed by atoms with Crippen LogP contribution in [0.5, 0.6) is 17.2 Å². The molecule has 0 aliphatic heterocycles. The van der Waals surface area contributed by atoms with Gasteiger partial charge in [0.25, 0.3) is 0 Å². The van der Waals surface area contributed by atoms with Crippen LogP contribution < -0.4 is 46.9 Å². The first-order valence-corrected chi connectivity index (χ1v) is 14.8. The number of esters is 1. The maximum atomic E-state index is 13.4. The summed E-state index contributed by atoms with van der Waals surface area (Å²) in [6, 6.07) is 14.3. The van der Waals surface area contributed by atoms with Crippen LogP contribution in [0.25, 0.3) is 33.2 Å². The van der Waals surface area contributed by atoms with Crippen molar-refractivity contribution in [3.63, 3.8) is 0 Å². The summed E-state index contributed by atoms with van der Waals surface area (Å²) in [5.41, 5.74) is 3.10. The van der Waals surface area contributed by atoms with Crippen molar-refractivity contribution in [2.45, 2.75) is 0 Å². The van der Waals surface area contributed by atoms with Gasteiger partial charge in [-0.05, 0) is 60.2 Å². The quantitative estimate of drug-likeness (QED) is 0.0978. The molecule has 8 N–H and O–H groups in total. The molecule has 50 heavy (non-hydrogen) atoms. The van der Waals surface area contributed by atoms with E-state index < -0.39 is 18.0 Å². The number of aromatic amines is 4. The van der Waals surface area contributed by atoms with Crippen LogP contribution in [0.15, 0.2) is 70.3 Å². The monoisotopic (exact) mass is 682 g/mol. The van der Waals surface area contributed by atoms with Gasteiger partial charge in [-0.25, -0.2) is 24.0 Å². The minimum absolute atomic E-state index is 0.0626. The second-order valence-electron chi connectivity index (χ2n) is 10.7. The summed E-state index contributed by atoms with van der Waals surface area (Å²) in [6.45, 7) is 0. The zero-order valence-electron chi connectivity index (χ0n) is 26.9. The Hall–Kier alpha value is -7.17. The van der Waals surface area contributed by atoms with Gasteiger partial charge in [0.2, 0.25) is 5.75 Å². The number of benzene rings is 4. The van der Waals surface area contributed by atoms with Crippen molar-refractivity contribution < 1.29 is 33.3 Å². The normalized spacial score (nSPS) is 10.8. The van der Waals surface area contributed by atoms with Crippen LogP contribution in [0.3, 0.4) is 0 Å². The number of H-pyrrole nitrogens is 4. The number of anilines is 4. The summed E-state index contributed by atoms with van der Waals surface area (Å²) in [7, 11) is 5.43. The smallest absolute Gasteiger partial charge is 0.337 e. The number of imidazole rings is 2. The molecule has 0 radical (unpaired) electrons. The van der Waals surface area contributed by atoms with Gasteiger partial charge in [-0.1, -0.05) is 0 Å². The predicted octanol–water partition coefficient (Wildman–Crippen LogP) is 4.79. The summed E-state index contributed by atoms with van der Waals surface area (Å²) in [4.78, 5) is 73.2. The Morgan fingerprint density at radius 2 is 1.10 bits per heavy atom. The summed E-state index contributed by atoms with van der Waals surface area (Å²) in [6.07, 6.45) is 0. The van der Waals surface area contributed by atoms with E-state index in [9.17, 15) is 24.0 Å². The number of rotatable bonds is 9. The number of hydrogen-bond donors (Lipinski definition) is 8. The molecule has 0 saturated carbocycles. The van der Waals surface area contributed by atoms with Crippen molar-refractivity contribution in [1.29, 1.82) is 0 Å². The molecule has 4 aromatic carbocycles. The van der Waals surface area contributed by atoms with Crippen molar-refractivity contribution in [2.75, 3.05) is 49.7 Å². The van der Waals surface area contributed by atoms with Gasteiger partial charge in [-0.3, -0.25) is 0 Å². The maximum absolute atomic E-state index is 13.4. The maximum Gasteiger partial charge on any atom is 0.337 e. The molecule has 2 heterocycles. The van der Waals surface area contributed by atoms with E-state index >= 15 is 0 Å². The lowest BCUT2D eigenvalue weighted by atomic mass is 9.98. The fourth-order valence-corrected chi connectivity index (χ4v) is 5.42. The van der Waals surface area contributed by atoms with Crippen LogP contribution in [0, 0.1) is 0 Å². The molecule has 6 aromatic rings. The van der Waals surface area contributed by atoms with E-state index in [-0.39, 0.29) is 51.1 Å². The summed E-state index contributed by atoms with van der Waals surface area (Å²) in [5.74, 6) is -0.161. The molecular weight excluding hydrogens is 652 g/mol. The predicted molar refractivity (Wildman–Crippen MR) is 186 cm³/mol. The standard InChI is InChI=1S/C33H30N8O9/c1-47-25-14-24(41-31(44)35-18-6-8-21-23(13-18)40-33(46)38-21)26(28(49-3)27(25)48-2)15-9-16(29(42)50-4)11-19(10-15)36-30(43)34-17-5-7-20-22(12-17)39-32(45)37-20/h5-14H,1-4H3,(H2,34,36,43)(H2,35,41,44)(H2,37,39,45)(H2,38,40,46). The Bertz CT molecular complexity index is 2410. The Kier molecular flexibility index (Phi) is 8.85. The van der Waals surface area contributed by atoms with E-state index in [1.54, 1.807) is 42.5 Å². The largest absolute Gasteiger partial charge is 0.493 e. The molecule has 2 aromatic heterocycles. The van der Waals surface area contributed by atoms with Crippen molar-refractivity contribution in [3.05, 3.63) is 87.2 Å².